The molecule has 1 aliphatic rings. The van der Waals surface area contributed by atoms with Crippen LogP contribution in [0.15, 0.2) is 0 Å². The smallest absolute Gasteiger partial charge is 0.303 e. The fraction of sp³-hybridized carbons (Fsp3) is 0.750. The van der Waals surface area contributed by atoms with Crippen LogP contribution in [0.25, 0.3) is 0 Å². The highest BCUT2D eigenvalue weighted by Gasteiger charge is 2.23. The van der Waals surface area contributed by atoms with Gasteiger partial charge in [0.05, 0.1) is 0 Å². The molecule has 1 rings (SSSR count). The Labute approximate surface area is 107 Å². The standard InChI is InChI=1S/C12H20N2O4/c1-9(8-12(17)18)7-11(16)14-5-3-13(4-6-14)10(2)15/h9H,3-8H2,1-2H3,(H,17,18). The molecule has 0 radical (unpaired) electrons. The van der Waals surface area contributed by atoms with Gasteiger partial charge in [-0.2, -0.15) is 0 Å². The van der Waals surface area contributed by atoms with Crippen molar-refractivity contribution in [3.63, 3.8) is 0 Å². The van der Waals surface area contributed by atoms with Gasteiger partial charge in [0.2, 0.25) is 11.8 Å². The van der Waals surface area contributed by atoms with Crippen molar-refractivity contribution >= 4 is 17.8 Å². The SMILES string of the molecule is CC(=O)N1CCN(C(=O)CC(C)CC(=O)O)CC1. The highest BCUT2D eigenvalue weighted by molar-refractivity contribution is 5.78. The van der Waals surface area contributed by atoms with Gasteiger partial charge in [-0.15, -0.1) is 0 Å². The average Bonchev–Trinajstić information content (AvgIpc) is 2.27. The van der Waals surface area contributed by atoms with Crippen LogP contribution in [0.5, 0.6) is 0 Å². The third kappa shape index (κ3) is 4.35. The number of rotatable bonds is 4. The van der Waals surface area contributed by atoms with E-state index in [1.54, 1.807) is 16.7 Å². The van der Waals surface area contributed by atoms with Crippen LogP contribution in [-0.4, -0.2) is 58.9 Å². The van der Waals surface area contributed by atoms with Crippen LogP contribution in [0.3, 0.4) is 0 Å². The van der Waals surface area contributed by atoms with Gasteiger partial charge in [0, 0.05) is 45.9 Å². The molecule has 1 aliphatic heterocycles. The number of carbonyl (C=O) groups excluding carboxylic acids is 2. The Hall–Kier alpha value is -1.59. The number of amides is 2. The van der Waals surface area contributed by atoms with Gasteiger partial charge in [0.15, 0.2) is 0 Å². The Bertz CT molecular complexity index is 335. The fourth-order valence-electron chi connectivity index (χ4n) is 2.07. The molecule has 0 bridgehead atoms. The van der Waals surface area contributed by atoms with Crippen molar-refractivity contribution in [3.8, 4) is 0 Å². The molecule has 1 fully saturated rings. The molecule has 1 heterocycles. The maximum absolute atomic E-state index is 11.9. The van der Waals surface area contributed by atoms with Crippen LogP contribution >= 0.6 is 0 Å². The third-order valence-electron chi connectivity index (χ3n) is 3.12. The van der Waals surface area contributed by atoms with Gasteiger partial charge in [0.1, 0.15) is 0 Å². The zero-order chi connectivity index (χ0) is 13.7. The van der Waals surface area contributed by atoms with E-state index in [0.29, 0.717) is 26.2 Å². The van der Waals surface area contributed by atoms with Gasteiger partial charge in [0.25, 0.3) is 0 Å². The number of nitrogens with zero attached hydrogens (tertiary/aromatic N) is 2. The zero-order valence-corrected chi connectivity index (χ0v) is 10.9. The van der Waals surface area contributed by atoms with E-state index in [-0.39, 0.29) is 30.6 Å². The third-order valence-corrected chi connectivity index (χ3v) is 3.12. The molecule has 1 N–H and O–H groups in total. The zero-order valence-electron chi connectivity index (χ0n) is 10.9. The van der Waals surface area contributed by atoms with Gasteiger partial charge in [-0.3, -0.25) is 14.4 Å². The molecule has 1 atom stereocenters. The number of carboxylic acid groups (broad SMARTS) is 1. The Kier molecular flexibility index (Phi) is 5.12. The summed E-state index contributed by atoms with van der Waals surface area (Å²) < 4.78 is 0. The molecular formula is C12H20N2O4. The van der Waals surface area contributed by atoms with E-state index < -0.39 is 5.97 Å². The summed E-state index contributed by atoms with van der Waals surface area (Å²) in [5.41, 5.74) is 0. The fourth-order valence-corrected chi connectivity index (χ4v) is 2.07. The van der Waals surface area contributed by atoms with Crippen LogP contribution < -0.4 is 0 Å². The van der Waals surface area contributed by atoms with E-state index in [9.17, 15) is 14.4 Å². The second-order valence-electron chi connectivity index (χ2n) is 4.79. The molecule has 0 aromatic rings. The summed E-state index contributed by atoms with van der Waals surface area (Å²) in [5.74, 6) is -1.02. The second-order valence-corrected chi connectivity index (χ2v) is 4.79. The van der Waals surface area contributed by atoms with E-state index in [1.807, 2.05) is 0 Å². The summed E-state index contributed by atoms with van der Waals surface area (Å²) >= 11 is 0. The molecule has 6 nitrogen and oxygen atoms in total. The van der Waals surface area contributed by atoms with Gasteiger partial charge >= 0.3 is 5.97 Å². The number of aliphatic carboxylic acids is 1. The highest BCUT2D eigenvalue weighted by Crippen LogP contribution is 2.11. The highest BCUT2D eigenvalue weighted by atomic mass is 16.4. The lowest BCUT2D eigenvalue weighted by Crippen LogP contribution is -2.50. The quantitative estimate of drug-likeness (QED) is 0.778. The van der Waals surface area contributed by atoms with Crippen molar-refractivity contribution < 1.29 is 19.5 Å². The molecular weight excluding hydrogens is 236 g/mol. The first-order valence-electron chi connectivity index (χ1n) is 6.15. The molecule has 102 valence electrons. The molecule has 1 unspecified atom stereocenters. The molecule has 0 aromatic carbocycles. The van der Waals surface area contributed by atoms with Gasteiger partial charge in [-0.25, -0.2) is 0 Å². The van der Waals surface area contributed by atoms with Gasteiger partial charge in [-0.1, -0.05) is 6.92 Å². The molecule has 6 heteroatoms. The lowest BCUT2D eigenvalue weighted by molar-refractivity contribution is -0.141. The van der Waals surface area contributed by atoms with Crippen molar-refractivity contribution in [2.75, 3.05) is 26.2 Å². The summed E-state index contributed by atoms with van der Waals surface area (Å²) in [7, 11) is 0. The lowest BCUT2D eigenvalue weighted by Gasteiger charge is -2.34. The van der Waals surface area contributed by atoms with Crippen molar-refractivity contribution in [2.24, 2.45) is 5.92 Å². The first-order chi connectivity index (χ1) is 8.40. The van der Waals surface area contributed by atoms with E-state index in [4.69, 9.17) is 5.11 Å². The van der Waals surface area contributed by atoms with E-state index in [2.05, 4.69) is 0 Å². The predicted molar refractivity (Wildman–Crippen MR) is 64.9 cm³/mol. The first kappa shape index (κ1) is 14.5. The van der Waals surface area contributed by atoms with Crippen molar-refractivity contribution in [1.29, 1.82) is 0 Å². The largest absolute Gasteiger partial charge is 0.481 e. The molecule has 2 amide bonds. The Morgan fingerprint density at radius 3 is 2.00 bits per heavy atom. The molecule has 1 saturated heterocycles. The molecule has 0 spiro atoms. The number of piperazine rings is 1. The maximum Gasteiger partial charge on any atom is 0.303 e. The Morgan fingerprint density at radius 2 is 1.56 bits per heavy atom. The van der Waals surface area contributed by atoms with Crippen molar-refractivity contribution in [1.82, 2.24) is 9.80 Å². The topological polar surface area (TPSA) is 77.9 Å². The minimum absolute atomic E-state index is 0.0130. The summed E-state index contributed by atoms with van der Waals surface area (Å²) in [6.45, 7) is 5.49. The second kappa shape index (κ2) is 6.37. The van der Waals surface area contributed by atoms with E-state index in [0.717, 1.165) is 0 Å². The minimum atomic E-state index is -0.878. The van der Waals surface area contributed by atoms with E-state index >= 15 is 0 Å². The summed E-state index contributed by atoms with van der Waals surface area (Å²) in [4.78, 5) is 37.0. The molecule has 0 saturated carbocycles. The van der Waals surface area contributed by atoms with Crippen LogP contribution in [0, 0.1) is 5.92 Å². The Balaban J connectivity index is 2.36. The van der Waals surface area contributed by atoms with Crippen molar-refractivity contribution in [3.05, 3.63) is 0 Å². The minimum Gasteiger partial charge on any atom is -0.481 e. The average molecular weight is 256 g/mol. The van der Waals surface area contributed by atoms with Crippen LogP contribution in [-0.2, 0) is 14.4 Å². The number of hydrogen-bond donors (Lipinski definition) is 1. The van der Waals surface area contributed by atoms with Crippen LogP contribution in [0.4, 0.5) is 0 Å². The number of carboxylic acids is 1. The van der Waals surface area contributed by atoms with Crippen LogP contribution in [0.1, 0.15) is 26.7 Å². The molecule has 0 aliphatic carbocycles. The van der Waals surface area contributed by atoms with Crippen molar-refractivity contribution in [2.45, 2.75) is 26.7 Å². The lowest BCUT2D eigenvalue weighted by atomic mass is 10.0. The van der Waals surface area contributed by atoms with Gasteiger partial charge in [-0.05, 0) is 5.92 Å². The summed E-state index contributed by atoms with van der Waals surface area (Å²) in [5, 5.41) is 8.63. The number of hydrogen-bond acceptors (Lipinski definition) is 3. The van der Waals surface area contributed by atoms with Crippen LogP contribution in [0.2, 0.25) is 0 Å². The normalized spacial score (nSPS) is 17.4. The molecule has 18 heavy (non-hydrogen) atoms. The molecule has 0 aromatic heterocycles. The number of carbonyl (C=O) groups is 3. The van der Waals surface area contributed by atoms with Gasteiger partial charge < -0.3 is 14.9 Å². The predicted octanol–water partition coefficient (Wildman–Crippen LogP) is 0.178. The first-order valence-corrected chi connectivity index (χ1v) is 6.15. The summed E-state index contributed by atoms with van der Waals surface area (Å²) in [6.07, 6.45) is 0.269. The van der Waals surface area contributed by atoms with E-state index in [1.165, 1.54) is 6.92 Å². The monoisotopic (exact) mass is 256 g/mol. The summed E-state index contributed by atoms with van der Waals surface area (Å²) in [6, 6.07) is 0. The Morgan fingerprint density at radius 1 is 1.06 bits per heavy atom. The maximum atomic E-state index is 11.9.